The van der Waals surface area contributed by atoms with Crippen molar-refractivity contribution in [3.63, 3.8) is 0 Å². The Labute approximate surface area is 165 Å². The lowest BCUT2D eigenvalue weighted by Gasteiger charge is -2.33. The largest absolute Gasteiger partial charge is 0.482 e. The van der Waals surface area contributed by atoms with E-state index in [1.807, 2.05) is 6.92 Å². The van der Waals surface area contributed by atoms with Crippen molar-refractivity contribution in [3.8, 4) is 5.75 Å². The molecule has 0 bridgehead atoms. The third kappa shape index (κ3) is 5.37. The van der Waals surface area contributed by atoms with Gasteiger partial charge in [-0.3, -0.25) is 15.0 Å². The summed E-state index contributed by atoms with van der Waals surface area (Å²) in [6.45, 7) is 10.4. The molecule has 1 aliphatic heterocycles. The number of amides is 2. The first-order chi connectivity index (χ1) is 13.0. The van der Waals surface area contributed by atoms with Crippen LogP contribution < -0.4 is 15.0 Å². The fourth-order valence-electron chi connectivity index (χ4n) is 2.58. The molecule has 8 heteroatoms. The quantitative estimate of drug-likeness (QED) is 0.771. The van der Waals surface area contributed by atoms with Gasteiger partial charge in [-0.05, 0) is 59.2 Å². The highest BCUT2D eigenvalue weighted by molar-refractivity contribution is 6.03. The smallest absolute Gasteiger partial charge is 0.412 e. The maximum absolute atomic E-state index is 12.5. The average molecular weight is 392 g/mol. The summed E-state index contributed by atoms with van der Waals surface area (Å²) < 4.78 is 16.1. The number of carbonyl (C=O) groups is 3. The third-order valence-electron chi connectivity index (χ3n) is 4.10. The average Bonchev–Trinajstić information content (AvgIpc) is 2.59. The van der Waals surface area contributed by atoms with Crippen LogP contribution in [0.2, 0.25) is 0 Å². The van der Waals surface area contributed by atoms with Crippen LogP contribution in [0.3, 0.4) is 0 Å². The first-order valence-corrected chi connectivity index (χ1v) is 9.31. The van der Waals surface area contributed by atoms with Gasteiger partial charge in [0, 0.05) is 5.69 Å². The Bertz CT molecular complexity index is 756. The summed E-state index contributed by atoms with van der Waals surface area (Å²) in [6.07, 6.45) is -0.187. The number of hydrogen-bond donors (Lipinski definition) is 1. The van der Waals surface area contributed by atoms with E-state index in [0.29, 0.717) is 23.5 Å². The van der Waals surface area contributed by atoms with Gasteiger partial charge in [0.05, 0.1) is 11.8 Å². The van der Waals surface area contributed by atoms with E-state index in [4.69, 9.17) is 14.2 Å². The number of nitrogens with one attached hydrogen (secondary N) is 1. The number of esters is 1. The van der Waals surface area contributed by atoms with Crippen molar-refractivity contribution in [3.05, 3.63) is 18.2 Å². The van der Waals surface area contributed by atoms with Gasteiger partial charge >= 0.3 is 12.1 Å². The predicted octanol–water partition coefficient (Wildman–Crippen LogP) is 3.49. The SMILES string of the molecule is CCC(C)OC(=O)C(C)N1C(=O)COc2ccc(NC(=O)OC(C)(C)C)cc21. The fourth-order valence-corrected chi connectivity index (χ4v) is 2.58. The summed E-state index contributed by atoms with van der Waals surface area (Å²) in [7, 11) is 0. The topological polar surface area (TPSA) is 94.2 Å². The van der Waals surface area contributed by atoms with E-state index in [2.05, 4.69) is 5.32 Å². The standard InChI is InChI=1S/C20H28N2O6/c1-7-12(2)27-18(24)13(3)22-15-10-14(21-19(25)28-20(4,5)6)8-9-16(15)26-11-17(22)23/h8-10,12-13H,7,11H2,1-6H3,(H,21,25). The molecule has 1 aromatic carbocycles. The zero-order valence-corrected chi connectivity index (χ0v) is 17.2. The minimum absolute atomic E-state index is 0.174. The molecule has 1 heterocycles. The van der Waals surface area contributed by atoms with Crippen molar-refractivity contribution in [1.29, 1.82) is 0 Å². The van der Waals surface area contributed by atoms with Crippen LogP contribution in [0.25, 0.3) is 0 Å². The Balaban J connectivity index is 2.26. The summed E-state index contributed by atoms with van der Waals surface area (Å²) in [6, 6.07) is 4.01. The molecule has 0 fully saturated rings. The number of ether oxygens (including phenoxy) is 3. The molecule has 0 aliphatic carbocycles. The molecule has 8 nitrogen and oxygen atoms in total. The van der Waals surface area contributed by atoms with Crippen molar-refractivity contribution in [1.82, 2.24) is 0 Å². The molecule has 1 aliphatic rings. The highest BCUT2D eigenvalue weighted by atomic mass is 16.6. The van der Waals surface area contributed by atoms with Gasteiger partial charge in [-0.1, -0.05) is 6.92 Å². The molecule has 2 rings (SSSR count). The molecular weight excluding hydrogens is 364 g/mol. The zero-order chi connectivity index (χ0) is 21.1. The van der Waals surface area contributed by atoms with Crippen LogP contribution in [0.15, 0.2) is 18.2 Å². The molecule has 0 saturated heterocycles. The van der Waals surface area contributed by atoms with E-state index in [0.717, 1.165) is 0 Å². The number of carbonyl (C=O) groups excluding carboxylic acids is 3. The molecule has 28 heavy (non-hydrogen) atoms. The van der Waals surface area contributed by atoms with Crippen LogP contribution in [0, 0.1) is 0 Å². The van der Waals surface area contributed by atoms with E-state index in [1.165, 1.54) is 4.90 Å². The molecule has 2 unspecified atom stereocenters. The van der Waals surface area contributed by atoms with Crippen molar-refractivity contribution in [2.24, 2.45) is 0 Å². The van der Waals surface area contributed by atoms with Gasteiger partial charge in [-0.25, -0.2) is 9.59 Å². The number of hydrogen-bond acceptors (Lipinski definition) is 6. The van der Waals surface area contributed by atoms with E-state index in [1.54, 1.807) is 52.8 Å². The summed E-state index contributed by atoms with van der Waals surface area (Å²) in [5.41, 5.74) is 0.162. The highest BCUT2D eigenvalue weighted by Gasteiger charge is 2.34. The first kappa shape index (κ1) is 21.5. The second-order valence-electron chi connectivity index (χ2n) is 7.69. The van der Waals surface area contributed by atoms with E-state index >= 15 is 0 Å². The van der Waals surface area contributed by atoms with Gasteiger partial charge in [-0.2, -0.15) is 0 Å². The minimum atomic E-state index is -0.832. The lowest BCUT2D eigenvalue weighted by Crippen LogP contribution is -2.49. The van der Waals surface area contributed by atoms with Crippen LogP contribution in [0.4, 0.5) is 16.2 Å². The van der Waals surface area contributed by atoms with Gasteiger partial charge in [0.25, 0.3) is 5.91 Å². The van der Waals surface area contributed by atoms with Crippen LogP contribution >= 0.6 is 0 Å². The maximum Gasteiger partial charge on any atom is 0.412 e. The molecular formula is C20H28N2O6. The molecule has 2 amide bonds. The Morgan fingerprint density at radius 3 is 2.57 bits per heavy atom. The summed E-state index contributed by atoms with van der Waals surface area (Å²) in [4.78, 5) is 38.3. The van der Waals surface area contributed by atoms with Crippen LogP contribution in [0.1, 0.15) is 48.0 Å². The molecule has 0 aromatic heterocycles. The molecule has 2 atom stereocenters. The van der Waals surface area contributed by atoms with Crippen molar-refractivity contribution >= 4 is 29.3 Å². The zero-order valence-electron chi connectivity index (χ0n) is 17.2. The summed E-state index contributed by atoms with van der Waals surface area (Å²) in [5, 5.41) is 2.62. The van der Waals surface area contributed by atoms with Gasteiger partial charge in [0.15, 0.2) is 6.61 Å². The lowest BCUT2D eigenvalue weighted by molar-refractivity contribution is -0.150. The fraction of sp³-hybridized carbons (Fsp3) is 0.550. The molecule has 154 valence electrons. The van der Waals surface area contributed by atoms with Crippen LogP contribution in [0.5, 0.6) is 5.75 Å². The lowest BCUT2D eigenvalue weighted by atomic mass is 10.1. The van der Waals surface area contributed by atoms with Gasteiger partial charge in [0.2, 0.25) is 0 Å². The summed E-state index contributed by atoms with van der Waals surface area (Å²) in [5.74, 6) is -0.422. The second kappa shape index (κ2) is 8.50. The minimum Gasteiger partial charge on any atom is -0.482 e. The van der Waals surface area contributed by atoms with Crippen LogP contribution in [-0.2, 0) is 19.1 Å². The summed E-state index contributed by atoms with van der Waals surface area (Å²) >= 11 is 0. The number of rotatable bonds is 5. The molecule has 1 aromatic rings. The second-order valence-corrected chi connectivity index (χ2v) is 7.69. The maximum atomic E-state index is 12.5. The van der Waals surface area contributed by atoms with Crippen molar-refractivity contribution in [2.45, 2.75) is 65.7 Å². The van der Waals surface area contributed by atoms with E-state index in [9.17, 15) is 14.4 Å². The monoisotopic (exact) mass is 392 g/mol. The Kier molecular flexibility index (Phi) is 6.53. The Hall–Kier alpha value is -2.77. The first-order valence-electron chi connectivity index (χ1n) is 9.31. The Morgan fingerprint density at radius 1 is 1.29 bits per heavy atom. The number of fused-ring (bicyclic) bond motifs is 1. The van der Waals surface area contributed by atoms with Crippen molar-refractivity contribution in [2.75, 3.05) is 16.8 Å². The normalized spacial score (nSPS) is 15.8. The predicted molar refractivity (Wildman–Crippen MR) is 105 cm³/mol. The highest BCUT2D eigenvalue weighted by Crippen LogP contribution is 2.36. The van der Waals surface area contributed by atoms with Gasteiger partial charge < -0.3 is 14.2 Å². The van der Waals surface area contributed by atoms with Gasteiger partial charge in [-0.15, -0.1) is 0 Å². The number of nitrogens with zero attached hydrogens (tertiary/aromatic N) is 1. The van der Waals surface area contributed by atoms with E-state index < -0.39 is 23.7 Å². The molecule has 0 spiro atoms. The Morgan fingerprint density at radius 2 is 1.96 bits per heavy atom. The van der Waals surface area contributed by atoms with Crippen molar-refractivity contribution < 1.29 is 28.6 Å². The van der Waals surface area contributed by atoms with Gasteiger partial charge in [0.1, 0.15) is 17.4 Å². The number of benzene rings is 1. The van der Waals surface area contributed by atoms with Crippen LogP contribution in [-0.4, -0.2) is 42.3 Å². The van der Waals surface area contributed by atoms with E-state index in [-0.39, 0.29) is 18.6 Å². The molecule has 0 radical (unpaired) electrons. The third-order valence-corrected chi connectivity index (χ3v) is 4.10. The molecule has 1 N–H and O–H groups in total. The molecule has 0 saturated carbocycles. The number of anilines is 2.